The van der Waals surface area contributed by atoms with Gasteiger partial charge in [-0.1, -0.05) is 17.7 Å². The average Bonchev–Trinajstić information content (AvgIpc) is 2.91. The van der Waals surface area contributed by atoms with Crippen LogP contribution in [0.15, 0.2) is 30.3 Å². The SMILES string of the molecule is CCn1c(C)cc(C(=O)COC(=O)CNC(=O)c2cccc(C)c2)c1C. The van der Waals surface area contributed by atoms with Gasteiger partial charge in [0.25, 0.3) is 5.91 Å². The average molecular weight is 356 g/mol. The van der Waals surface area contributed by atoms with Crippen molar-refractivity contribution in [2.75, 3.05) is 13.2 Å². The molecule has 6 heteroatoms. The van der Waals surface area contributed by atoms with Gasteiger partial charge < -0.3 is 14.6 Å². The van der Waals surface area contributed by atoms with Crippen LogP contribution in [0.2, 0.25) is 0 Å². The van der Waals surface area contributed by atoms with Crippen LogP contribution in [0.1, 0.15) is 44.6 Å². The van der Waals surface area contributed by atoms with Gasteiger partial charge in [-0.25, -0.2) is 0 Å². The molecule has 0 atom stereocenters. The summed E-state index contributed by atoms with van der Waals surface area (Å²) in [6, 6.07) is 8.85. The van der Waals surface area contributed by atoms with Crippen LogP contribution < -0.4 is 5.32 Å². The van der Waals surface area contributed by atoms with Gasteiger partial charge in [0.05, 0.1) is 0 Å². The van der Waals surface area contributed by atoms with Crippen molar-refractivity contribution in [1.82, 2.24) is 9.88 Å². The van der Waals surface area contributed by atoms with E-state index < -0.39 is 5.97 Å². The van der Waals surface area contributed by atoms with Crippen LogP contribution in [0.5, 0.6) is 0 Å². The maximum atomic E-state index is 12.3. The van der Waals surface area contributed by atoms with Crippen LogP contribution in [0.25, 0.3) is 0 Å². The first-order chi connectivity index (χ1) is 12.3. The minimum Gasteiger partial charge on any atom is -0.456 e. The second-order valence-corrected chi connectivity index (χ2v) is 6.17. The van der Waals surface area contributed by atoms with E-state index in [-0.39, 0.29) is 24.8 Å². The number of benzene rings is 1. The van der Waals surface area contributed by atoms with Gasteiger partial charge in [0.15, 0.2) is 6.61 Å². The molecule has 2 aromatic rings. The molecule has 0 bridgehead atoms. The fraction of sp³-hybridized carbons (Fsp3) is 0.350. The summed E-state index contributed by atoms with van der Waals surface area (Å²) in [5.41, 5.74) is 3.83. The summed E-state index contributed by atoms with van der Waals surface area (Å²) in [7, 11) is 0. The van der Waals surface area contributed by atoms with Gasteiger partial charge in [-0.15, -0.1) is 0 Å². The lowest BCUT2D eigenvalue weighted by Gasteiger charge is -2.07. The number of ketones is 1. The standard InChI is InChI=1S/C20H24N2O4/c1-5-22-14(3)10-17(15(22)4)18(23)12-26-19(24)11-21-20(25)16-8-6-7-13(2)9-16/h6-10H,5,11-12H2,1-4H3,(H,21,25). The number of aryl methyl sites for hydroxylation is 2. The van der Waals surface area contributed by atoms with Gasteiger partial charge in [-0.2, -0.15) is 0 Å². The van der Waals surface area contributed by atoms with Crippen LogP contribution in [-0.4, -0.2) is 35.4 Å². The highest BCUT2D eigenvalue weighted by Gasteiger charge is 2.17. The number of aromatic nitrogens is 1. The Morgan fingerprint density at radius 3 is 2.46 bits per heavy atom. The first-order valence-electron chi connectivity index (χ1n) is 8.54. The van der Waals surface area contributed by atoms with Crippen molar-refractivity contribution in [2.24, 2.45) is 0 Å². The zero-order chi connectivity index (χ0) is 19.3. The van der Waals surface area contributed by atoms with Gasteiger partial charge in [0, 0.05) is 29.1 Å². The molecule has 0 aliphatic carbocycles. The van der Waals surface area contributed by atoms with Gasteiger partial charge >= 0.3 is 5.97 Å². The number of rotatable bonds is 7. The molecule has 1 amide bonds. The predicted molar refractivity (Wildman–Crippen MR) is 98.4 cm³/mol. The Hall–Kier alpha value is -2.89. The number of hydrogen-bond acceptors (Lipinski definition) is 4. The maximum Gasteiger partial charge on any atom is 0.325 e. The Morgan fingerprint density at radius 1 is 1.12 bits per heavy atom. The molecule has 1 aromatic heterocycles. The zero-order valence-electron chi connectivity index (χ0n) is 15.6. The van der Waals surface area contributed by atoms with Crippen molar-refractivity contribution in [1.29, 1.82) is 0 Å². The number of ether oxygens (including phenoxy) is 1. The highest BCUT2D eigenvalue weighted by molar-refractivity contribution is 6.00. The molecule has 0 fully saturated rings. The Kier molecular flexibility index (Phi) is 6.33. The number of amides is 1. The Labute approximate surface area is 153 Å². The fourth-order valence-corrected chi connectivity index (χ4v) is 2.89. The smallest absolute Gasteiger partial charge is 0.325 e. The third-order valence-corrected chi connectivity index (χ3v) is 4.23. The van der Waals surface area contributed by atoms with Gasteiger partial charge in [0.1, 0.15) is 6.54 Å². The molecule has 0 aliphatic rings. The summed E-state index contributed by atoms with van der Waals surface area (Å²) in [5, 5.41) is 2.49. The lowest BCUT2D eigenvalue weighted by atomic mass is 10.1. The third kappa shape index (κ3) is 4.59. The molecule has 1 N–H and O–H groups in total. The summed E-state index contributed by atoms with van der Waals surface area (Å²) >= 11 is 0. The van der Waals surface area contributed by atoms with Gasteiger partial charge in [-0.3, -0.25) is 14.4 Å². The van der Waals surface area contributed by atoms with Gasteiger partial charge in [-0.05, 0) is 45.9 Å². The van der Waals surface area contributed by atoms with Crippen LogP contribution >= 0.6 is 0 Å². The molecular formula is C20H24N2O4. The van der Waals surface area contributed by atoms with E-state index in [1.807, 2.05) is 38.3 Å². The summed E-state index contributed by atoms with van der Waals surface area (Å²) < 4.78 is 7.02. The fourth-order valence-electron chi connectivity index (χ4n) is 2.89. The second-order valence-electron chi connectivity index (χ2n) is 6.17. The van der Waals surface area contributed by atoms with Crippen molar-refractivity contribution >= 4 is 17.7 Å². The normalized spacial score (nSPS) is 10.5. The van der Waals surface area contributed by atoms with E-state index in [4.69, 9.17) is 4.74 Å². The number of nitrogens with one attached hydrogen (secondary N) is 1. The number of carbonyl (C=O) groups is 3. The maximum absolute atomic E-state index is 12.3. The molecule has 0 spiro atoms. The molecule has 0 aliphatic heterocycles. The molecule has 0 saturated carbocycles. The van der Waals surface area contributed by atoms with E-state index in [2.05, 4.69) is 5.32 Å². The van der Waals surface area contributed by atoms with Crippen molar-refractivity contribution < 1.29 is 19.1 Å². The van der Waals surface area contributed by atoms with E-state index in [0.717, 1.165) is 23.5 Å². The first-order valence-corrected chi connectivity index (χ1v) is 8.54. The quantitative estimate of drug-likeness (QED) is 0.611. The molecule has 0 radical (unpaired) electrons. The van der Waals surface area contributed by atoms with Crippen LogP contribution in [0.3, 0.4) is 0 Å². The molecule has 2 rings (SSSR count). The van der Waals surface area contributed by atoms with E-state index >= 15 is 0 Å². The second kappa shape index (κ2) is 8.47. The molecule has 138 valence electrons. The number of esters is 1. The Balaban J connectivity index is 1.85. The molecule has 1 heterocycles. The van der Waals surface area contributed by atoms with E-state index in [9.17, 15) is 14.4 Å². The van der Waals surface area contributed by atoms with Crippen molar-refractivity contribution in [3.8, 4) is 0 Å². The minimum absolute atomic E-state index is 0.254. The summed E-state index contributed by atoms with van der Waals surface area (Å²) in [6.07, 6.45) is 0. The van der Waals surface area contributed by atoms with E-state index in [1.165, 1.54) is 0 Å². The topological polar surface area (TPSA) is 77.4 Å². The summed E-state index contributed by atoms with van der Waals surface area (Å²) in [6.45, 7) is 7.84. The van der Waals surface area contributed by atoms with Crippen molar-refractivity contribution in [3.05, 3.63) is 58.4 Å². The lowest BCUT2D eigenvalue weighted by Crippen LogP contribution is -2.31. The predicted octanol–water partition coefficient (Wildman–Crippen LogP) is 2.59. The molecule has 26 heavy (non-hydrogen) atoms. The van der Waals surface area contributed by atoms with Crippen molar-refractivity contribution in [2.45, 2.75) is 34.2 Å². The van der Waals surface area contributed by atoms with Crippen LogP contribution in [0, 0.1) is 20.8 Å². The zero-order valence-corrected chi connectivity index (χ0v) is 15.6. The highest BCUT2D eigenvalue weighted by Crippen LogP contribution is 2.15. The Bertz CT molecular complexity index is 836. The molecular weight excluding hydrogens is 332 g/mol. The number of carbonyl (C=O) groups excluding carboxylic acids is 3. The number of Topliss-reactive ketones (excluding diaryl/α,β-unsaturated/α-hetero) is 1. The highest BCUT2D eigenvalue weighted by atomic mass is 16.5. The summed E-state index contributed by atoms with van der Waals surface area (Å²) in [5.74, 6) is -1.26. The minimum atomic E-state index is -0.649. The van der Waals surface area contributed by atoms with Gasteiger partial charge in [0.2, 0.25) is 5.78 Å². The molecule has 0 saturated heterocycles. The van der Waals surface area contributed by atoms with E-state index in [1.54, 1.807) is 24.3 Å². The Morgan fingerprint density at radius 2 is 1.85 bits per heavy atom. The first kappa shape index (κ1) is 19.4. The van der Waals surface area contributed by atoms with E-state index in [0.29, 0.717) is 11.1 Å². The van der Waals surface area contributed by atoms with Crippen LogP contribution in [-0.2, 0) is 16.1 Å². The summed E-state index contributed by atoms with van der Waals surface area (Å²) in [4.78, 5) is 36.1. The molecule has 0 unspecified atom stereocenters. The molecule has 1 aromatic carbocycles. The van der Waals surface area contributed by atoms with Crippen molar-refractivity contribution in [3.63, 3.8) is 0 Å². The third-order valence-electron chi connectivity index (χ3n) is 4.23. The number of hydrogen-bond donors (Lipinski definition) is 1. The lowest BCUT2D eigenvalue weighted by molar-refractivity contribution is -0.141. The monoisotopic (exact) mass is 356 g/mol. The van der Waals surface area contributed by atoms with Crippen LogP contribution in [0.4, 0.5) is 0 Å². The largest absolute Gasteiger partial charge is 0.456 e. The number of nitrogens with zero attached hydrogens (tertiary/aromatic N) is 1. The molecule has 6 nitrogen and oxygen atoms in total.